The van der Waals surface area contributed by atoms with Crippen LogP contribution in [0.3, 0.4) is 0 Å². The highest BCUT2D eigenvalue weighted by Gasteiger charge is 2.11. The number of carbonyl (C=O) groups is 1. The SMILES string of the molecule is CCCCCCOc1ccccc1C(=O)NCCCN. The molecule has 4 heteroatoms. The van der Waals surface area contributed by atoms with Crippen molar-refractivity contribution in [2.45, 2.75) is 39.0 Å². The summed E-state index contributed by atoms with van der Waals surface area (Å²) in [4.78, 5) is 12.0. The van der Waals surface area contributed by atoms with E-state index in [2.05, 4.69) is 12.2 Å². The van der Waals surface area contributed by atoms with Gasteiger partial charge in [0.05, 0.1) is 12.2 Å². The molecule has 0 radical (unpaired) electrons. The van der Waals surface area contributed by atoms with E-state index in [-0.39, 0.29) is 5.91 Å². The van der Waals surface area contributed by atoms with Gasteiger partial charge in [0, 0.05) is 6.54 Å². The van der Waals surface area contributed by atoms with Gasteiger partial charge in [0.2, 0.25) is 0 Å². The molecule has 3 N–H and O–H groups in total. The first kappa shape index (κ1) is 16.5. The van der Waals surface area contributed by atoms with E-state index in [0.29, 0.717) is 31.0 Å². The van der Waals surface area contributed by atoms with Gasteiger partial charge >= 0.3 is 0 Å². The Morgan fingerprint density at radius 1 is 1.20 bits per heavy atom. The van der Waals surface area contributed by atoms with E-state index in [4.69, 9.17) is 10.5 Å². The fourth-order valence-electron chi connectivity index (χ4n) is 1.89. The van der Waals surface area contributed by atoms with Crippen molar-refractivity contribution < 1.29 is 9.53 Å². The van der Waals surface area contributed by atoms with Gasteiger partial charge in [-0.15, -0.1) is 0 Å². The second kappa shape index (κ2) is 10.3. The summed E-state index contributed by atoms with van der Waals surface area (Å²) in [6.45, 7) is 4.02. The molecule has 4 nitrogen and oxygen atoms in total. The molecular formula is C16H26N2O2. The molecule has 1 amide bonds. The number of nitrogens with two attached hydrogens (primary N) is 1. The summed E-state index contributed by atoms with van der Waals surface area (Å²) in [5.41, 5.74) is 6.01. The van der Waals surface area contributed by atoms with Gasteiger partial charge in [0.15, 0.2) is 0 Å². The summed E-state index contributed by atoms with van der Waals surface area (Å²) >= 11 is 0. The molecule has 20 heavy (non-hydrogen) atoms. The topological polar surface area (TPSA) is 64.3 Å². The molecule has 0 bridgehead atoms. The van der Waals surface area contributed by atoms with Crippen LogP contribution in [0.1, 0.15) is 49.4 Å². The third kappa shape index (κ3) is 6.06. The van der Waals surface area contributed by atoms with Crippen molar-refractivity contribution in [3.8, 4) is 5.75 Å². The minimum absolute atomic E-state index is 0.0948. The largest absolute Gasteiger partial charge is 0.493 e. The molecular weight excluding hydrogens is 252 g/mol. The molecule has 0 heterocycles. The number of ether oxygens (including phenoxy) is 1. The van der Waals surface area contributed by atoms with E-state index in [1.165, 1.54) is 19.3 Å². The van der Waals surface area contributed by atoms with Crippen molar-refractivity contribution >= 4 is 5.91 Å². The molecule has 0 saturated carbocycles. The average Bonchev–Trinajstić information content (AvgIpc) is 2.47. The van der Waals surface area contributed by atoms with Gasteiger partial charge in [-0.3, -0.25) is 4.79 Å². The number of hydrogen-bond acceptors (Lipinski definition) is 3. The number of para-hydroxylation sites is 1. The predicted molar refractivity (Wildman–Crippen MR) is 82.1 cm³/mol. The minimum Gasteiger partial charge on any atom is -0.493 e. The smallest absolute Gasteiger partial charge is 0.255 e. The van der Waals surface area contributed by atoms with Gasteiger partial charge in [0.25, 0.3) is 5.91 Å². The van der Waals surface area contributed by atoms with Gasteiger partial charge < -0.3 is 15.8 Å². The maximum Gasteiger partial charge on any atom is 0.255 e. The summed E-state index contributed by atoms with van der Waals surface area (Å²) in [6, 6.07) is 7.37. The maximum absolute atomic E-state index is 12.0. The Morgan fingerprint density at radius 3 is 2.75 bits per heavy atom. The van der Waals surface area contributed by atoms with Crippen LogP contribution in [-0.4, -0.2) is 25.6 Å². The molecule has 0 aliphatic carbocycles. The lowest BCUT2D eigenvalue weighted by Gasteiger charge is -2.11. The lowest BCUT2D eigenvalue weighted by atomic mass is 10.2. The van der Waals surface area contributed by atoms with Crippen molar-refractivity contribution in [2.24, 2.45) is 5.73 Å². The van der Waals surface area contributed by atoms with Crippen LogP contribution < -0.4 is 15.8 Å². The second-order valence-corrected chi connectivity index (χ2v) is 4.80. The summed E-state index contributed by atoms with van der Waals surface area (Å²) in [5.74, 6) is 0.567. The molecule has 0 aliphatic rings. The van der Waals surface area contributed by atoms with Crippen LogP contribution in [0.2, 0.25) is 0 Å². The zero-order chi connectivity index (χ0) is 14.6. The summed E-state index contributed by atoms with van der Waals surface area (Å²) < 4.78 is 5.73. The number of benzene rings is 1. The Hall–Kier alpha value is -1.55. The van der Waals surface area contributed by atoms with E-state index in [1.807, 2.05) is 18.2 Å². The van der Waals surface area contributed by atoms with Crippen LogP contribution in [0, 0.1) is 0 Å². The molecule has 1 rings (SSSR count). The van der Waals surface area contributed by atoms with E-state index >= 15 is 0 Å². The van der Waals surface area contributed by atoms with E-state index in [1.54, 1.807) is 6.07 Å². The zero-order valence-electron chi connectivity index (χ0n) is 12.4. The van der Waals surface area contributed by atoms with Crippen LogP contribution in [0.25, 0.3) is 0 Å². The Bertz CT molecular complexity index is 394. The monoisotopic (exact) mass is 278 g/mol. The highest BCUT2D eigenvalue weighted by atomic mass is 16.5. The van der Waals surface area contributed by atoms with Crippen LogP contribution in [0.15, 0.2) is 24.3 Å². The first-order valence-electron chi connectivity index (χ1n) is 7.49. The number of hydrogen-bond donors (Lipinski definition) is 2. The third-order valence-electron chi connectivity index (χ3n) is 3.05. The molecule has 0 unspecified atom stereocenters. The molecule has 0 aromatic heterocycles. The third-order valence-corrected chi connectivity index (χ3v) is 3.05. The predicted octanol–water partition coefficient (Wildman–Crippen LogP) is 2.72. The molecule has 0 aliphatic heterocycles. The van der Waals surface area contributed by atoms with Crippen LogP contribution in [-0.2, 0) is 0 Å². The van der Waals surface area contributed by atoms with Crippen molar-refractivity contribution in [2.75, 3.05) is 19.7 Å². The van der Waals surface area contributed by atoms with E-state index < -0.39 is 0 Å². The Kier molecular flexibility index (Phi) is 8.47. The molecule has 1 aromatic carbocycles. The second-order valence-electron chi connectivity index (χ2n) is 4.80. The van der Waals surface area contributed by atoms with Gasteiger partial charge in [-0.1, -0.05) is 38.3 Å². The number of carbonyl (C=O) groups excluding carboxylic acids is 1. The highest BCUT2D eigenvalue weighted by Crippen LogP contribution is 2.18. The number of rotatable bonds is 10. The number of amides is 1. The molecule has 112 valence electrons. The maximum atomic E-state index is 12.0. The standard InChI is InChI=1S/C16H26N2O2/c1-2-3-4-7-13-20-15-10-6-5-9-14(15)16(19)18-12-8-11-17/h5-6,9-10H,2-4,7-8,11-13,17H2,1H3,(H,18,19). The fraction of sp³-hybridized carbons (Fsp3) is 0.562. The fourth-order valence-corrected chi connectivity index (χ4v) is 1.89. The summed E-state index contributed by atoms with van der Waals surface area (Å²) in [6.07, 6.45) is 5.41. The normalized spacial score (nSPS) is 10.3. The average molecular weight is 278 g/mol. The zero-order valence-corrected chi connectivity index (χ0v) is 12.4. The van der Waals surface area contributed by atoms with Gasteiger partial charge in [-0.2, -0.15) is 0 Å². The van der Waals surface area contributed by atoms with Crippen LogP contribution in [0.5, 0.6) is 5.75 Å². The molecule has 0 atom stereocenters. The first-order chi connectivity index (χ1) is 9.79. The van der Waals surface area contributed by atoms with Crippen molar-refractivity contribution in [1.82, 2.24) is 5.32 Å². The molecule has 0 saturated heterocycles. The van der Waals surface area contributed by atoms with Gasteiger partial charge in [0.1, 0.15) is 5.75 Å². The quantitative estimate of drug-likeness (QED) is 0.647. The van der Waals surface area contributed by atoms with Crippen molar-refractivity contribution in [3.63, 3.8) is 0 Å². The summed E-state index contributed by atoms with van der Waals surface area (Å²) in [7, 11) is 0. The lowest BCUT2D eigenvalue weighted by molar-refractivity contribution is 0.0949. The van der Waals surface area contributed by atoms with Gasteiger partial charge in [-0.25, -0.2) is 0 Å². The number of nitrogens with one attached hydrogen (secondary N) is 1. The van der Waals surface area contributed by atoms with Crippen LogP contribution >= 0.6 is 0 Å². The van der Waals surface area contributed by atoms with Crippen molar-refractivity contribution in [3.05, 3.63) is 29.8 Å². The van der Waals surface area contributed by atoms with Crippen molar-refractivity contribution in [1.29, 1.82) is 0 Å². The summed E-state index contributed by atoms with van der Waals surface area (Å²) in [5, 5.41) is 2.85. The molecule has 0 spiro atoms. The Balaban J connectivity index is 2.47. The highest BCUT2D eigenvalue weighted by molar-refractivity contribution is 5.96. The van der Waals surface area contributed by atoms with Gasteiger partial charge in [-0.05, 0) is 31.5 Å². The molecule has 0 fully saturated rings. The minimum atomic E-state index is -0.0948. The first-order valence-corrected chi connectivity index (χ1v) is 7.49. The number of unbranched alkanes of at least 4 members (excludes halogenated alkanes) is 3. The van der Waals surface area contributed by atoms with Crippen LogP contribution in [0.4, 0.5) is 0 Å². The van der Waals surface area contributed by atoms with E-state index in [0.717, 1.165) is 12.8 Å². The lowest BCUT2D eigenvalue weighted by Crippen LogP contribution is -2.26. The molecule has 1 aromatic rings. The van der Waals surface area contributed by atoms with E-state index in [9.17, 15) is 4.79 Å². The Morgan fingerprint density at radius 2 is 2.00 bits per heavy atom. The Labute approximate surface area is 121 Å².